The van der Waals surface area contributed by atoms with Crippen molar-refractivity contribution in [2.24, 2.45) is 0 Å². The molecule has 0 bridgehead atoms. The summed E-state index contributed by atoms with van der Waals surface area (Å²) in [7, 11) is 0. The predicted octanol–water partition coefficient (Wildman–Crippen LogP) is 1.39. The van der Waals surface area contributed by atoms with Gasteiger partial charge in [0.25, 0.3) is 0 Å². The van der Waals surface area contributed by atoms with E-state index in [0.29, 0.717) is 26.3 Å². The number of ketones is 1. The standard InChI is InChI=1S/C11H14BrNO3S/c12-11-2-1-10(17-11)9(15)5-13-3-4-16-7-8(13)6-14/h1-2,8,14H,3-7H2. The second-order valence-electron chi connectivity index (χ2n) is 3.91. The van der Waals surface area contributed by atoms with Crippen LogP contribution in [0.1, 0.15) is 9.67 Å². The minimum atomic E-state index is -0.0592. The Bertz CT molecular complexity index is 396. The molecule has 1 aromatic rings. The number of thiophene rings is 1. The molecular formula is C11H14BrNO3S. The van der Waals surface area contributed by atoms with E-state index in [-0.39, 0.29) is 18.4 Å². The van der Waals surface area contributed by atoms with E-state index >= 15 is 0 Å². The average Bonchev–Trinajstić information content (AvgIpc) is 2.77. The smallest absolute Gasteiger partial charge is 0.186 e. The zero-order chi connectivity index (χ0) is 12.3. The molecule has 2 heterocycles. The maximum absolute atomic E-state index is 12.0. The van der Waals surface area contributed by atoms with Gasteiger partial charge in [0.1, 0.15) is 0 Å². The Morgan fingerprint density at radius 1 is 1.65 bits per heavy atom. The lowest BCUT2D eigenvalue weighted by atomic mass is 10.2. The number of halogens is 1. The minimum absolute atomic E-state index is 0.0292. The zero-order valence-corrected chi connectivity index (χ0v) is 11.7. The van der Waals surface area contributed by atoms with Crippen molar-refractivity contribution in [2.75, 3.05) is 32.9 Å². The van der Waals surface area contributed by atoms with Gasteiger partial charge in [0.05, 0.1) is 41.1 Å². The van der Waals surface area contributed by atoms with E-state index in [4.69, 9.17) is 4.74 Å². The molecule has 6 heteroatoms. The number of carbonyl (C=O) groups excluding carboxylic acids is 1. The minimum Gasteiger partial charge on any atom is -0.395 e. The summed E-state index contributed by atoms with van der Waals surface area (Å²) >= 11 is 4.78. The van der Waals surface area contributed by atoms with Gasteiger partial charge in [-0.2, -0.15) is 0 Å². The van der Waals surface area contributed by atoms with Crippen molar-refractivity contribution in [3.05, 3.63) is 20.8 Å². The lowest BCUT2D eigenvalue weighted by Crippen LogP contribution is -2.49. The highest BCUT2D eigenvalue weighted by molar-refractivity contribution is 9.11. The largest absolute Gasteiger partial charge is 0.395 e. The molecule has 1 aliphatic heterocycles. The molecule has 1 atom stereocenters. The predicted molar refractivity (Wildman–Crippen MR) is 69.6 cm³/mol. The number of morpholine rings is 1. The highest BCUT2D eigenvalue weighted by Gasteiger charge is 2.24. The van der Waals surface area contributed by atoms with Crippen molar-refractivity contribution in [1.82, 2.24) is 4.90 Å². The number of aliphatic hydroxyl groups is 1. The third-order valence-corrected chi connectivity index (χ3v) is 4.42. The van der Waals surface area contributed by atoms with E-state index in [2.05, 4.69) is 15.9 Å². The number of aliphatic hydroxyl groups excluding tert-OH is 1. The molecule has 1 unspecified atom stereocenters. The fourth-order valence-electron chi connectivity index (χ4n) is 1.79. The van der Waals surface area contributed by atoms with Crippen LogP contribution in [0.3, 0.4) is 0 Å². The molecule has 1 N–H and O–H groups in total. The van der Waals surface area contributed by atoms with Crippen LogP contribution in [0.2, 0.25) is 0 Å². The Morgan fingerprint density at radius 2 is 2.47 bits per heavy atom. The molecule has 17 heavy (non-hydrogen) atoms. The van der Waals surface area contributed by atoms with Crippen LogP contribution in [-0.2, 0) is 4.74 Å². The molecule has 1 saturated heterocycles. The summed E-state index contributed by atoms with van der Waals surface area (Å²) < 4.78 is 6.24. The van der Waals surface area contributed by atoms with Crippen molar-refractivity contribution in [1.29, 1.82) is 0 Å². The van der Waals surface area contributed by atoms with Crippen LogP contribution < -0.4 is 0 Å². The maximum Gasteiger partial charge on any atom is 0.186 e. The first-order chi connectivity index (χ1) is 8.20. The van der Waals surface area contributed by atoms with Crippen LogP contribution in [0.5, 0.6) is 0 Å². The zero-order valence-electron chi connectivity index (χ0n) is 9.26. The first kappa shape index (κ1) is 13.2. The molecule has 1 aromatic heterocycles. The van der Waals surface area contributed by atoms with Gasteiger partial charge < -0.3 is 9.84 Å². The lowest BCUT2D eigenvalue weighted by Gasteiger charge is -2.33. The molecule has 0 saturated carbocycles. The van der Waals surface area contributed by atoms with Crippen molar-refractivity contribution < 1.29 is 14.6 Å². The van der Waals surface area contributed by atoms with E-state index < -0.39 is 0 Å². The second kappa shape index (κ2) is 6.06. The van der Waals surface area contributed by atoms with Gasteiger partial charge in [0.2, 0.25) is 0 Å². The van der Waals surface area contributed by atoms with Gasteiger partial charge in [-0.25, -0.2) is 0 Å². The van der Waals surface area contributed by atoms with E-state index in [9.17, 15) is 9.90 Å². The van der Waals surface area contributed by atoms with Gasteiger partial charge in [-0.15, -0.1) is 11.3 Å². The fourth-order valence-corrected chi connectivity index (χ4v) is 3.11. The first-order valence-corrected chi connectivity index (χ1v) is 7.03. The molecule has 0 aromatic carbocycles. The monoisotopic (exact) mass is 319 g/mol. The molecular weight excluding hydrogens is 306 g/mol. The van der Waals surface area contributed by atoms with Crippen molar-refractivity contribution in [3.63, 3.8) is 0 Å². The molecule has 0 amide bonds. The average molecular weight is 320 g/mol. The summed E-state index contributed by atoms with van der Waals surface area (Å²) in [6, 6.07) is 3.64. The fraction of sp³-hybridized carbons (Fsp3) is 0.545. The van der Waals surface area contributed by atoms with Crippen LogP contribution in [-0.4, -0.2) is 54.7 Å². The number of nitrogens with zero attached hydrogens (tertiary/aromatic N) is 1. The van der Waals surface area contributed by atoms with Crippen molar-refractivity contribution in [3.8, 4) is 0 Å². The lowest BCUT2D eigenvalue weighted by molar-refractivity contribution is -0.0240. The SMILES string of the molecule is O=C(CN1CCOCC1CO)c1ccc(Br)s1. The van der Waals surface area contributed by atoms with Crippen LogP contribution in [0, 0.1) is 0 Å². The third-order valence-electron chi connectivity index (χ3n) is 2.75. The number of ether oxygens (including phenoxy) is 1. The summed E-state index contributed by atoms with van der Waals surface area (Å²) in [4.78, 5) is 14.7. The molecule has 0 aliphatic carbocycles. The Morgan fingerprint density at radius 3 is 3.12 bits per heavy atom. The molecule has 1 fully saturated rings. The van der Waals surface area contributed by atoms with Gasteiger partial charge in [-0.1, -0.05) is 0 Å². The quantitative estimate of drug-likeness (QED) is 0.852. The van der Waals surface area contributed by atoms with Gasteiger partial charge in [0.15, 0.2) is 5.78 Å². The summed E-state index contributed by atoms with van der Waals surface area (Å²) in [5.74, 6) is 0.0982. The molecule has 2 rings (SSSR count). The van der Waals surface area contributed by atoms with E-state index in [0.717, 1.165) is 8.66 Å². The molecule has 1 aliphatic rings. The normalized spacial score (nSPS) is 21.6. The van der Waals surface area contributed by atoms with Gasteiger partial charge in [-0.05, 0) is 28.1 Å². The van der Waals surface area contributed by atoms with Crippen LogP contribution >= 0.6 is 27.3 Å². The maximum atomic E-state index is 12.0. The van der Waals surface area contributed by atoms with E-state index in [1.165, 1.54) is 11.3 Å². The van der Waals surface area contributed by atoms with Crippen LogP contribution in [0.4, 0.5) is 0 Å². The molecule has 94 valence electrons. The summed E-state index contributed by atoms with van der Waals surface area (Å²) in [5.41, 5.74) is 0. The number of Topliss-reactive ketones (excluding diaryl/α,β-unsaturated/α-hetero) is 1. The van der Waals surface area contributed by atoms with Crippen molar-refractivity contribution in [2.45, 2.75) is 6.04 Å². The molecule has 0 radical (unpaired) electrons. The Balaban J connectivity index is 1.97. The highest BCUT2D eigenvalue weighted by Crippen LogP contribution is 2.23. The number of rotatable bonds is 4. The number of hydrogen-bond acceptors (Lipinski definition) is 5. The Kier molecular flexibility index (Phi) is 4.69. The Hall–Kier alpha value is -0.270. The Labute approximate surface area is 112 Å². The number of hydrogen-bond donors (Lipinski definition) is 1. The summed E-state index contributed by atoms with van der Waals surface area (Å²) in [5, 5.41) is 9.21. The third kappa shape index (κ3) is 3.35. The summed E-state index contributed by atoms with van der Waals surface area (Å²) in [6.07, 6.45) is 0. The van der Waals surface area contributed by atoms with Gasteiger partial charge in [-0.3, -0.25) is 9.69 Å². The van der Waals surface area contributed by atoms with Crippen LogP contribution in [0.15, 0.2) is 15.9 Å². The highest BCUT2D eigenvalue weighted by atomic mass is 79.9. The van der Waals surface area contributed by atoms with Crippen LogP contribution in [0.25, 0.3) is 0 Å². The van der Waals surface area contributed by atoms with Gasteiger partial charge in [0, 0.05) is 6.54 Å². The second-order valence-corrected chi connectivity index (χ2v) is 6.37. The van der Waals surface area contributed by atoms with E-state index in [1.54, 1.807) is 0 Å². The van der Waals surface area contributed by atoms with E-state index in [1.807, 2.05) is 17.0 Å². The topological polar surface area (TPSA) is 49.8 Å². The summed E-state index contributed by atoms with van der Waals surface area (Å²) in [6.45, 7) is 2.20. The van der Waals surface area contributed by atoms with Crippen molar-refractivity contribution >= 4 is 33.0 Å². The van der Waals surface area contributed by atoms with Gasteiger partial charge >= 0.3 is 0 Å². The first-order valence-electron chi connectivity index (χ1n) is 5.42. The molecule has 0 spiro atoms. The molecule has 4 nitrogen and oxygen atoms in total. The number of carbonyl (C=O) groups is 1.